The summed E-state index contributed by atoms with van der Waals surface area (Å²) < 4.78 is 1.96. The Morgan fingerprint density at radius 2 is 2.17 bits per heavy atom. The molecule has 1 aliphatic heterocycles. The zero-order valence-electron chi connectivity index (χ0n) is 10.4. The van der Waals surface area contributed by atoms with Crippen LogP contribution >= 0.6 is 0 Å². The molecule has 0 bridgehead atoms. The molecule has 0 aliphatic carbocycles. The Kier molecular flexibility index (Phi) is 2.76. The molecule has 0 spiro atoms. The molecule has 1 saturated heterocycles. The van der Waals surface area contributed by atoms with Gasteiger partial charge in [0, 0.05) is 44.5 Å². The minimum Gasteiger partial charge on any atom is -0.354 e. The van der Waals surface area contributed by atoms with Crippen molar-refractivity contribution in [3.63, 3.8) is 0 Å². The third-order valence-electron chi connectivity index (χ3n) is 3.44. The van der Waals surface area contributed by atoms with E-state index in [1.807, 2.05) is 48.5 Å². The molecule has 18 heavy (non-hydrogen) atoms. The Morgan fingerprint density at radius 1 is 1.28 bits per heavy atom. The summed E-state index contributed by atoms with van der Waals surface area (Å²) in [5.41, 5.74) is 7.30. The number of imidazole rings is 1. The van der Waals surface area contributed by atoms with Crippen LogP contribution in [0.2, 0.25) is 0 Å². The Labute approximate surface area is 106 Å². The van der Waals surface area contributed by atoms with Crippen molar-refractivity contribution in [1.29, 1.82) is 0 Å². The lowest BCUT2D eigenvalue weighted by Crippen LogP contribution is -2.29. The molecule has 2 atom stereocenters. The number of aryl methyl sites for hydroxylation is 1. The summed E-state index contributed by atoms with van der Waals surface area (Å²) in [6.07, 6.45) is 5.69. The van der Waals surface area contributed by atoms with Gasteiger partial charge in [-0.3, -0.25) is 0 Å². The summed E-state index contributed by atoms with van der Waals surface area (Å²) in [5.74, 6) is 1.28. The number of nitrogens with two attached hydrogens (primary N) is 1. The number of hydrogen-bond acceptors (Lipinski definition) is 4. The summed E-state index contributed by atoms with van der Waals surface area (Å²) in [7, 11) is 1.98. The molecule has 2 aromatic heterocycles. The topological polar surface area (TPSA) is 60.0 Å². The van der Waals surface area contributed by atoms with E-state index in [1.54, 1.807) is 0 Å². The van der Waals surface area contributed by atoms with Crippen LogP contribution in [0.15, 0.2) is 36.9 Å². The predicted molar refractivity (Wildman–Crippen MR) is 70.4 cm³/mol. The maximum atomic E-state index is 6.23. The number of aromatic nitrogens is 3. The van der Waals surface area contributed by atoms with Crippen molar-refractivity contribution >= 4 is 5.82 Å². The van der Waals surface area contributed by atoms with Gasteiger partial charge >= 0.3 is 0 Å². The number of anilines is 1. The highest BCUT2D eigenvalue weighted by molar-refractivity contribution is 5.41. The fourth-order valence-corrected chi connectivity index (χ4v) is 2.49. The van der Waals surface area contributed by atoms with Gasteiger partial charge in [-0.15, -0.1) is 0 Å². The van der Waals surface area contributed by atoms with Gasteiger partial charge < -0.3 is 15.2 Å². The molecule has 1 aliphatic rings. The maximum Gasteiger partial charge on any atom is 0.128 e. The summed E-state index contributed by atoms with van der Waals surface area (Å²) in [6, 6.07) is 6.06. The van der Waals surface area contributed by atoms with Crippen molar-refractivity contribution in [2.24, 2.45) is 12.8 Å². The monoisotopic (exact) mass is 243 g/mol. The van der Waals surface area contributed by atoms with Crippen LogP contribution in [-0.4, -0.2) is 33.7 Å². The molecule has 5 heteroatoms. The Bertz CT molecular complexity index is 521. The van der Waals surface area contributed by atoms with E-state index >= 15 is 0 Å². The predicted octanol–water partition coefficient (Wildman–Crippen LogP) is 0.746. The van der Waals surface area contributed by atoms with Gasteiger partial charge in [0.1, 0.15) is 5.82 Å². The van der Waals surface area contributed by atoms with Crippen LogP contribution in [0.25, 0.3) is 0 Å². The van der Waals surface area contributed by atoms with Crippen LogP contribution in [-0.2, 0) is 7.05 Å². The van der Waals surface area contributed by atoms with Crippen LogP contribution in [0.5, 0.6) is 0 Å². The minimum absolute atomic E-state index is 0.113. The second kappa shape index (κ2) is 4.42. The number of nitrogens with zero attached hydrogens (tertiary/aromatic N) is 4. The second-order valence-corrected chi connectivity index (χ2v) is 4.83. The van der Waals surface area contributed by atoms with Gasteiger partial charge in [0.05, 0.1) is 12.0 Å². The highest BCUT2D eigenvalue weighted by Crippen LogP contribution is 2.27. The first kappa shape index (κ1) is 11.2. The van der Waals surface area contributed by atoms with Crippen LogP contribution in [0.4, 0.5) is 5.82 Å². The molecule has 0 saturated carbocycles. The fourth-order valence-electron chi connectivity index (χ4n) is 2.49. The highest BCUT2D eigenvalue weighted by Gasteiger charge is 2.33. The van der Waals surface area contributed by atoms with Crippen molar-refractivity contribution in [2.75, 3.05) is 18.0 Å². The van der Waals surface area contributed by atoms with E-state index in [-0.39, 0.29) is 12.0 Å². The zero-order valence-corrected chi connectivity index (χ0v) is 10.4. The first-order valence-corrected chi connectivity index (χ1v) is 6.13. The molecule has 0 radical (unpaired) electrons. The normalized spacial score (nSPS) is 23.6. The van der Waals surface area contributed by atoms with Gasteiger partial charge in [-0.05, 0) is 12.1 Å². The van der Waals surface area contributed by atoms with E-state index in [0.717, 1.165) is 24.6 Å². The minimum atomic E-state index is 0.113. The SMILES string of the molecule is Cn1cnc([C@@H]2CN(c3ccccn3)C[C@H]2N)c1. The second-order valence-electron chi connectivity index (χ2n) is 4.83. The zero-order chi connectivity index (χ0) is 12.5. The summed E-state index contributed by atoms with van der Waals surface area (Å²) in [6.45, 7) is 1.72. The first-order valence-electron chi connectivity index (χ1n) is 6.13. The van der Waals surface area contributed by atoms with E-state index in [2.05, 4.69) is 14.9 Å². The standard InChI is InChI=1S/C13H17N5/c1-17-8-12(16-9-17)10-6-18(7-11(10)14)13-4-2-3-5-15-13/h2-5,8-11H,6-7,14H2,1H3/t10-,11-/m1/s1. The molecular formula is C13H17N5. The lowest BCUT2D eigenvalue weighted by atomic mass is 10.0. The van der Waals surface area contributed by atoms with Crippen molar-refractivity contribution in [1.82, 2.24) is 14.5 Å². The molecular weight excluding hydrogens is 226 g/mol. The molecule has 0 aromatic carbocycles. The van der Waals surface area contributed by atoms with Gasteiger partial charge in [0.25, 0.3) is 0 Å². The average Bonchev–Trinajstić information content (AvgIpc) is 2.97. The molecule has 3 heterocycles. The van der Waals surface area contributed by atoms with E-state index in [0.29, 0.717) is 0 Å². The molecule has 1 fully saturated rings. The maximum absolute atomic E-state index is 6.23. The smallest absolute Gasteiger partial charge is 0.128 e. The van der Waals surface area contributed by atoms with E-state index in [9.17, 15) is 0 Å². The first-order chi connectivity index (χ1) is 8.74. The number of pyridine rings is 1. The van der Waals surface area contributed by atoms with Crippen LogP contribution in [0.3, 0.4) is 0 Å². The average molecular weight is 243 g/mol. The number of rotatable bonds is 2. The molecule has 5 nitrogen and oxygen atoms in total. The highest BCUT2D eigenvalue weighted by atomic mass is 15.2. The van der Waals surface area contributed by atoms with Crippen molar-refractivity contribution in [2.45, 2.75) is 12.0 Å². The summed E-state index contributed by atoms with van der Waals surface area (Å²) >= 11 is 0. The molecule has 3 rings (SSSR count). The van der Waals surface area contributed by atoms with Gasteiger partial charge in [-0.2, -0.15) is 0 Å². The summed E-state index contributed by atoms with van der Waals surface area (Å²) in [4.78, 5) is 11.0. The van der Waals surface area contributed by atoms with Gasteiger partial charge in [-0.1, -0.05) is 6.07 Å². The Morgan fingerprint density at radius 3 is 2.83 bits per heavy atom. The van der Waals surface area contributed by atoms with Gasteiger partial charge in [-0.25, -0.2) is 9.97 Å². The summed E-state index contributed by atoms with van der Waals surface area (Å²) in [5, 5.41) is 0. The number of hydrogen-bond donors (Lipinski definition) is 1. The molecule has 2 N–H and O–H groups in total. The van der Waals surface area contributed by atoms with Crippen LogP contribution in [0.1, 0.15) is 11.6 Å². The van der Waals surface area contributed by atoms with Gasteiger partial charge in [0.2, 0.25) is 0 Å². The van der Waals surface area contributed by atoms with Gasteiger partial charge in [0.15, 0.2) is 0 Å². The Hall–Kier alpha value is -1.88. The molecule has 2 aromatic rings. The quantitative estimate of drug-likeness (QED) is 0.845. The van der Waals surface area contributed by atoms with Crippen LogP contribution in [0, 0.1) is 0 Å². The lowest BCUT2D eigenvalue weighted by molar-refractivity contribution is 0.639. The molecule has 94 valence electrons. The van der Waals surface area contributed by atoms with E-state index in [1.165, 1.54) is 0 Å². The van der Waals surface area contributed by atoms with Crippen molar-refractivity contribution in [3.05, 3.63) is 42.6 Å². The Balaban J connectivity index is 1.80. The lowest BCUT2D eigenvalue weighted by Gasteiger charge is -2.16. The van der Waals surface area contributed by atoms with E-state index < -0.39 is 0 Å². The fraction of sp³-hybridized carbons (Fsp3) is 0.385. The third-order valence-corrected chi connectivity index (χ3v) is 3.44. The van der Waals surface area contributed by atoms with Crippen molar-refractivity contribution < 1.29 is 0 Å². The van der Waals surface area contributed by atoms with Crippen LogP contribution < -0.4 is 10.6 Å². The third kappa shape index (κ3) is 1.97. The largest absolute Gasteiger partial charge is 0.354 e. The molecule has 0 unspecified atom stereocenters. The van der Waals surface area contributed by atoms with E-state index in [4.69, 9.17) is 5.73 Å². The van der Waals surface area contributed by atoms with Crippen molar-refractivity contribution in [3.8, 4) is 0 Å². The molecule has 0 amide bonds.